The Balaban J connectivity index is 1.25. The monoisotopic (exact) mass is 670 g/mol. The number of benzene rings is 2. The normalized spacial score (nSPS) is 15.9. The minimum atomic E-state index is -4.78. The summed E-state index contributed by atoms with van der Waals surface area (Å²) in [6, 6.07) is 19.2. The number of ether oxygens (including phenoxy) is 2. The molecule has 2 aromatic carbocycles. The van der Waals surface area contributed by atoms with Crippen LogP contribution in [0.3, 0.4) is 0 Å². The molecule has 0 radical (unpaired) electrons. The van der Waals surface area contributed by atoms with E-state index in [1.165, 1.54) is 25.3 Å². The van der Waals surface area contributed by atoms with Gasteiger partial charge in [0.05, 0.1) is 60.0 Å². The SMILES string of the molecule is COc1ccc2nc(C(F)(F)F)n(CC(=O)N3CCN(Cc4ccccn4)CCC3c3ncc(-c4cc5ccccc5nc4OC)[nH]3)c2c1. The van der Waals surface area contributed by atoms with Gasteiger partial charge in [-0.2, -0.15) is 13.2 Å². The van der Waals surface area contributed by atoms with Crippen LogP contribution in [0.1, 0.15) is 29.8 Å². The Kier molecular flexibility index (Phi) is 8.63. The summed E-state index contributed by atoms with van der Waals surface area (Å²) in [5.74, 6) is -0.379. The summed E-state index contributed by atoms with van der Waals surface area (Å²) < 4.78 is 54.6. The molecule has 1 saturated heterocycles. The second-order valence-corrected chi connectivity index (χ2v) is 11.8. The summed E-state index contributed by atoms with van der Waals surface area (Å²) in [5, 5.41) is 0.913. The van der Waals surface area contributed by atoms with Crippen LogP contribution in [0.5, 0.6) is 11.6 Å². The summed E-state index contributed by atoms with van der Waals surface area (Å²) in [5.41, 5.74) is 3.25. The number of para-hydroxylation sites is 1. The van der Waals surface area contributed by atoms with E-state index in [1.807, 2.05) is 48.5 Å². The maximum absolute atomic E-state index is 14.3. The molecule has 4 aromatic heterocycles. The number of hydrogen-bond donors (Lipinski definition) is 1. The highest BCUT2D eigenvalue weighted by Crippen LogP contribution is 2.35. The van der Waals surface area contributed by atoms with E-state index >= 15 is 0 Å². The van der Waals surface area contributed by atoms with Crippen molar-refractivity contribution < 1.29 is 27.4 Å². The Labute approximate surface area is 279 Å². The molecule has 1 unspecified atom stereocenters. The first-order chi connectivity index (χ1) is 23.7. The Morgan fingerprint density at radius 3 is 2.55 bits per heavy atom. The lowest BCUT2D eigenvalue weighted by Gasteiger charge is -2.29. The fourth-order valence-corrected chi connectivity index (χ4v) is 6.36. The van der Waals surface area contributed by atoms with Crippen molar-refractivity contribution in [3.63, 3.8) is 0 Å². The Morgan fingerprint density at radius 2 is 1.78 bits per heavy atom. The fraction of sp³-hybridized carbons (Fsp3) is 0.286. The number of hydrogen-bond acceptors (Lipinski definition) is 8. The molecule has 6 aromatic rings. The van der Waals surface area contributed by atoms with Crippen molar-refractivity contribution in [2.24, 2.45) is 0 Å². The second-order valence-electron chi connectivity index (χ2n) is 11.8. The van der Waals surface area contributed by atoms with Crippen LogP contribution in [0.25, 0.3) is 33.2 Å². The molecule has 1 amide bonds. The van der Waals surface area contributed by atoms with Crippen LogP contribution in [0.4, 0.5) is 13.2 Å². The zero-order valence-corrected chi connectivity index (χ0v) is 26.8. The number of aromatic amines is 1. The number of halogens is 3. The van der Waals surface area contributed by atoms with E-state index in [0.29, 0.717) is 54.8 Å². The van der Waals surface area contributed by atoms with E-state index in [-0.39, 0.29) is 17.6 Å². The number of nitrogens with one attached hydrogen (secondary N) is 1. The molecule has 1 fully saturated rings. The van der Waals surface area contributed by atoms with Crippen LogP contribution in [0, 0.1) is 0 Å². The lowest BCUT2D eigenvalue weighted by Crippen LogP contribution is -2.40. The summed E-state index contributed by atoms with van der Waals surface area (Å²) >= 11 is 0. The highest BCUT2D eigenvalue weighted by molar-refractivity contribution is 5.85. The van der Waals surface area contributed by atoms with Crippen molar-refractivity contribution in [2.45, 2.75) is 31.7 Å². The van der Waals surface area contributed by atoms with Crippen molar-refractivity contribution in [1.82, 2.24) is 39.3 Å². The molecule has 0 spiro atoms. The molecular weight excluding hydrogens is 637 g/mol. The quantitative estimate of drug-likeness (QED) is 0.214. The molecule has 1 N–H and O–H groups in total. The summed E-state index contributed by atoms with van der Waals surface area (Å²) in [4.78, 5) is 39.1. The average Bonchev–Trinajstić information content (AvgIpc) is 3.68. The van der Waals surface area contributed by atoms with Crippen LogP contribution >= 0.6 is 0 Å². The van der Waals surface area contributed by atoms with Crippen LogP contribution < -0.4 is 9.47 Å². The minimum Gasteiger partial charge on any atom is -0.497 e. The molecule has 0 bridgehead atoms. The summed E-state index contributed by atoms with van der Waals surface area (Å²) in [6.45, 7) is 1.32. The van der Waals surface area contributed by atoms with Gasteiger partial charge in [-0.3, -0.25) is 14.7 Å². The van der Waals surface area contributed by atoms with E-state index < -0.39 is 30.5 Å². The van der Waals surface area contributed by atoms with E-state index in [9.17, 15) is 18.0 Å². The average molecular weight is 671 g/mol. The van der Waals surface area contributed by atoms with Gasteiger partial charge in [0.25, 0.3) is 0 Å². The van der Waals surface area contributed by atoms with E-state index in [2.05, 4.69) is 24.8 Å². The van der Waals surface area contributed by atoms with Crippen molar-refractivity contribution in [2.75, 3.05) is 33.9 Å². The summed E-state index contributed by atoms with van der Waals surface area (Å²) in [7, 11) is 2.97. The van der Waals surface area contributed by atoms with Crippen LogP contribution in [-0.4, -0.2) is 79.0 Å². The largest absolute Gasteiger partial charge is 0.497 e. The van der Waals surface area contributed by atoms with Gasteiger partial charge in [0.2, 0.25) is 17.6 Å². The number of fused-ring (bicyclic) bond motifs is 2. The molecule has 0 aliphatic carbocycles. The first-order valence-electron chi connectivity index (χ1n) is 15.7. The zero-order valence-electron chi connectivity index (χ0n) is 26.8. The smallest absolute Gasteiger partial charge is 0.449 e. The maximum atomic E-state index is 14.3. The van der Waals surface area contributed by atoms with Crippen LogP contribution in [-0.2, 0) is 24.1 Å². The number of imidazole rings is 2. The molecule has 252 valence electrons. The molecule has 7 rings (SSSR count). The van der Waals surface area contributed by atoms with Gasteiger partial charge in [-0.15, -0.1) is 0 Å². The number of aromatic nitrogens is 6. The molecule has 49 heavy (non-hydrogen) atoms. The lowest BCUT2D eigenvalue weighted by molar-refractivity contribution is -0.148. The summed E-state index contributed by atoms with van der Waals surface area (Å²) in [6.07, 6.45) is -0.911. The maximum Gasteiger partial charge on any atom is 0.449 e. The van der Waals surface area contributed by atoms with Crippen LogP contribution in [0.15, 0.2) is 79.1 Å². The van der Waals surface area contributed by atoms with E-state index in [1.54, 1.807) is 24.4 Å². The number of nitrogens with zero attached hydrogens (tertiary/aromatic N) is 7. The first kappa shape index (κ1) is 32.1. The van der Waals surface area contributed by atoms with Gasteiger partial charge in [-0.25, -0.2) is 15.0 Å². The molecule has 5 heterocycles. The number of carbonyl (C=O) groups excluding carboxylic acids is 1. The number of carbonyl (C=O) groups is 1. The van der Waals surface area contributed by atoms with Gasteiger partial charge in [-0.1, -0.05) is 24.3 Å². The highest BCUT2D eigenvalue weighted by Gasteiger charge is 2.39. The van der Waals surface area contributed by atoms with Gasteiger partial charge >= 0.3 is 6.18 Å². The topological polar surface area (TPSA) is 114 Å². The zero-order chi connectivity index (χ0) is 34.1. The Hall–Kier alpha value is -5.50. The third-order valence-corrected chi connectivity index (χ3v) is 8.77. The molecule has 14 heteroatoms. The predicted octanol–water partition coefficient (Wildman–Crippen LogP) is 5.88. The van der Waals surface area contributed by atoms with Gasteiger partial charge in [0.15, 0.2) is 0 Å². The molecule has 11 nitrogen and oxygen atoms in total. The number of methoxy groups -OCH3 is 2. The number of pyridine rings is 2. The number of amides is 1. The fourth-order valence-electron chi connectivity index (χ4n) is 6.36. The second kappa shape index (κ2) is 13.2. The first-order valence-corrected chi connectivity index (χ1v) is 15.7. The molecule has 1 aliphatic heterocycles. The Bertz CT molecular complexity index is 2110. The number of H-pyrrole nitrogens is 1. The molecule has 1 aliphatic rings. The molecule has 1 atom stereocenters. The van der Waals surface area contributed by atoms with Crippen molar-refractivity contribution in [1.29, 1.82) is 0 Å². The number of rotatable bonds is 8. The highest BCUT2D eigenvalue weighted by atomic mass is 19.4. The third-order valence-electron chi connectivity index (χ3n) is 8.77. The van der Waals surface area contributed by atoms with E-state index in [4.69, 9.17) is 14.5 Å². The lowest BCUT2D eigenvalue weighted by atomic mass is 10.1. The molecular formula is C35H33F3N8O3. The molecule has 0 saturated carbocycles. The third kappa shape index (κ3) is 6.51. The van der Waals surface area contributed by atoms with Gasteiger partial charge in [-0.05, 0) is 42.8 Å². The number of alkyl halides is 3. The van der Waals surface area contributed by atoms with Gasteiger partial charge in [0.1, 0.15) is 18.1 Å². The van der Waals surface area contributed by atoms with Crippen molar-refractivity contribution in [3.8, 4) is 22.9 Å². The van der Waals surface area contributed by atoms with Crippen molar-refractivity contribution in [3.05, 3.63) is 96.5 Å². The Morgan fingerprint density at radius 1 is 0.939 bits per heavy atom. The minimum absolute atomic E-state index is 0.114. The van der Waals surface area contributed by atoms with Gasteiger partial charge < -0.3 is 23.9 Å². The van der Waals surface area contributed by atoms with Crippen LogP contribution in [0.2, 0.25) is 0 Å². The predicted molar refractivity (Wildman–Crippen MR) is 176 cm³/mol. The standard InChI is InChI=1S/C35H33F3N8O3/c1-48-24-10-11-27-30(18-24)46(34(43-27)35(36,37)38)21-31(47)45-16-15-44(20-23-8-5-6-13-39-23)14-12-29(45)32-40-19-28(41-32)25-17-22-7-3-4-9-26(22)42-33(25)49-2/h3-11,13,17-19,29H,12,14-16,20-21H2,1-2H3,(H,40,41). The van der Waals surface area contributed by atoms with Gasteiger partial charge in [0, 0.05) is 43.8 Å². The van der Waals surface area contributed by atoms with E-state index in [0.717, 1.165) is 21.2 Å². The van der Waals surface area contributed by atoms with Crippen molar-refractivity contribution >= 4 is 27.8 Å².